The van der Waals surface area contributed by atoms with E-state index in [9.17, 15) is 9.59 Å². The zero-order valence-corrected chi connectivity index (χ0v) is 44.4. The lowest BCUT2D eigenvalue weighted by Crippen LogP contribution is -2.55. The van der Waals surface area contributed by atoms with E-state index in [1.54, 1.807) is 18.4 Å². The van der Waals surface area contributed by atoms with Crippen LogP contribution in [0.25, 0.3) is 33.3 Å². The fourth-order valence-corrected chi connectivity index (χ4v) is 11.7. The molecule has 3 fully saturated rings. The van der Waals surface area contributed by atoms with Crippen LogP contribution in [0.2, 0.25) is 0 Å². The molecule has 3 atom stereocenters. The van der Waals surface area contributed by atoms with Crippen molar-refractivity contribution in [3.63, 3.8) is 0 Å². The fourth-order valence-electron chi connectivity index (χ4n) is 10.8. The lowest BCUT2D eigenvalue weighted by molar-refractivity contribution is -0.139. The molecule has 9 rings (SSSR count). The van der Waals surface area contributed by atoms with Crippen LogP contribution >= 0.6 is 11.3 Å². The summed E-state index contributed by atoms with van der Waals surface area (Å²) in [4.78, 5) is 46.2. The van der Waals surface area contributed by atoms with E-state index in [4.69, 9.17) is 34.0 Å². The summed E-state index contributed by atoms with van der Waals surface area (Å²) in [6.45, 7) is 6.03. The molecule has 3 N–H and O–H groups in total. The maximum absolute atomic E-state index is 14.4. The maximum atomic E-state index is 14.4. The molecular formula is C57H74N10O6S. The molecule has 0 bridgehead atoms. The Labute approximate surface area is 439 Å². The number of thiazole rings is 1. The van der Waals surface area contributed by atoms with Gasteiger partial charge in [-0.3, -0.25) is 9.59 Å². The number of nitrogens with one attached hydrogen (secondary N) is 3. The van der Waals surface area contributed by atoms with Gasteiger partial charge in [-0.2, -0.15) is 5.10 Å². The van der Waals surface area contributed by atoms with Crippen molar-refractivity contribution in [3.8, 4) is 28.3 Å². The molecule has 74 heavy (non-hydrogen) atoms. The molecular weight excluding hydrogens is 953 g/mol. The van der Waals surface area contributed by atoms with Crippen molar-refractivity contribution in [1.82, 2.24) is 40.3 Å². The summed E-state index contributed by atoms with van der Waals surface area (Å²) in [7, 11) is 5.84. The normalized spacial score (nSPS) is 19.1. The molecule has 394 valence electrons. The van der Waals surface area contributed by atoms with Gasteiger partial charge in [-0.1, -0.05) is 73.9 Å². The van der Waals surface area contributed by atoms with Crippen LogP contribution in [0.1, 0.15) is 94.2 Å². The van der Waals surface area contributed by atoms with Crippen molar-refractivity contribution in [2.45, 2.75) is 114 Å². The molecule has 6 aromatic rings. The first-order chi connectivity index (χ1) is 36.2. The van der Waals surface area contributed by atoms with Crippen LogP contribution in [-0.2, 0) is 30.3 Å². The average molecular weight is 1030 g/mol. The number of rotatable bonds is 24. The van der Waals surface area contributed by atoms with Crippen molar-refractivity contribution < 1.29 is 28.5 Å². The SMILES string of the molecule is CNC(C)C(=O)N[C@H](C(=O)N1CCCC1c1nc(-c2ccc(OCCOCCOCCOC3CCC(Nc4nccc(-c5cnn(Cc6ccccc6)c5N(C)C)n4)CC3)c3ccccc23)cs1)C1CCCCC1. The minimum Gasteiger partial charge on any atom is -0.491 e. The molecule has 17 heteroatoms. The number of amides is 2. The van der Waals surface area contributed by atoms with Crippen LogP contribution in [0, 0.1) is 5.92 Å². The van der Waals surface area contributed by atoms with Crippen molar-refractivity contribution in [2.24, 2.45) is 5.92 Å². The minimum atomic E-state index is -0.522. The van der Waals surface area contributed by atoms with Crippen LogP contribution in [0.3, 0.4) is 0 Å². The third-order valence-electron chi connectivity index (χ3n) is 14.8. The molecule has 4 heterocycles. The Bertz CT molecular complexity index is 2740. The Morgan fingerprint density at radius 1 is 0.784 bits per heavy atom. The number of anilines is 2. The van der Waals surface area contributed by atoms with Gasteiger partial charge in [0.15, 0.2) is 0 Å². The van der Waals surface area contributed by atoms with Gasteiger partial charge in [0.25, 0.3) is 0 Å². The summed E-state index contributed by atoms with van der Waals surface area (Å²) in [5.74, 6) is 2.46. The molecule has 2 saturated carbocycles. The first-order valence-electron chi connectivity index (χ1n) is 26.8. The Morgan fingerprint density at radius 2 is 1.53 bits per heavy atom. The van der Waals surface area contributed by atoms with Gasteiger partial charge in [0, 0.05) is 49.2 Å². The number of benzene rings is 3. The number of likely N-dealkylation sites (tertiary alicyclic amines) is 1. The first-order valence-corrected chi connectivity index (χ1v) is 27.6. The van der Waals surface area contributed by atoms with E-state index in [0.717, 1.165) is 114 Å². The van der Waals surface area contributed by atoms with Crippen molar-refractivity contribution in [1.29, 1.82) is 0 Å². The van der Waals surface area contributed by atoms with E-state index >= 15 is 0 Å². The zero-order valence-electron chi connectivity index (χ0n) is 43.5. The summed E-state index contributed by atoms with van der Waals surface area (Å²) in [6, 6.07) is 23.9. The van der Waals surface area contributed by atoms with Crippen LogP contribution in [0.15, 0.2) is 90.6 Å². The highest BCUT2D eigenvalue weighted by Crippen LogP contribution is 2.40. The average Bonchev–Trinajstić information content (AvgIpc) is 4.23. The number of hydrogen-bond donors (Lipinski definition) is 3. The highest BCUT2D eigenvalue weighted by Gasteiger charge is 2.40. The summed E-state index contributed by atoms with van der Waals surface area (Å²) in [5, 5.41) is 19.6. The van der Waals surface area contributed by atoms with E-state index in [1.807, 2.05) is 73.3 Å². The number of likely N-dealkylation sites (N-methyl/N-ethyl adjacent to an activating group) is 1. The predicted molar refractivity (Wildman–Crippen MR) is 292 cm³/mol. The predicted octanol–water partition coefficient (Wildman–Crippen LogP) is 8.92. The van der Waals surface area contributed by atoms with E-state index in [-0.39, 0.29) is 42.0 Å². The van der Waals surface area contributed by atoms with Gasteiger partial charge >= 0.3 is 0 Å². The van der Waals surface area contributed by atoms with E-state index in [2.05, 4.69) is 73.7 Å². The molecule has 1 saturated heterocycles. The second-order valence-electron chi connectivity index (χ2n) is 20.1. The smallest absolute Gasteiger partial charge is 0.246 e. The monoisotopic (exact) mass is 1030 g/mol. The second-order valence-corrected chi connectivity index (χ2v) is 20.9. The van der Waals surface area contributed by atoms with Crippen molar-refractivity contribution in [3.05, 3.63) is 101 Å². The highest BCUT2D eigenvalue weighted by molar-refractivity contribution is 7.10. The lowest BCUT2D eigenvalue weighted by atomic mass is 9.83. The highest BCUT2D eigenvalue weighted by atomic mass is 32.1. The molecule has 16 nitrogen and oxygen atoms in total. The second kappa shape index (κ2) is 26.0. The van der Waals surface area contributed by atoms with Gasteiger partial charge < -0.3 is 44.7 Å². The van der Waals surface area contributed by atoms with Gasteiger partial charge in [-0.15, -0.1) is 11.3 Å². The number of ether oxygens (including phenoxy) is 4. The van der Waals surface area contributed by atoms with Gasteiger partial charge in [-0.05, 0) is 100 Å². The molecule has 2 aliphatic carbocycles. The van der Waals surface area contributed by atoms with Gasteiger partial charge in [0.05, 0.1) is 80.9 Å². The van der Waals surface area contributed by atoms with Crippen molar-refractivity contribution in [2.75, 3.05) is 77.5 Å². The molecule has 2 amide bonds. The van der Waals surface area contributed by atoms with Crippen LogP contribution in [0.5, 0.6) is 5.75 Å². The fraction of sp³-hybridized carbons (Fsp3) is 0.509. The Morgan fingerprint density at radius 3 is 2.30 bits per heavy atom. The Kier molecular flexibility index (Phi) is 18.6. The molecule has 0 radical (unpaired) electrons. The Hall–Kier alpha value is -5.98. The topological polar surface area (TPSA) is 170 Å². The van der Waals surface area contributed by atoms with Crippen LogP contribution in [0.4, 0.5) is 11.8 Å². The first kappa shape index (κ1) is 52.9. The van der Waals surface area contributed by atoms with Gasteiger partial charge in [0.2, 0.25) is 17.8 Å². The summed E-state index contributed by atoms with van der Waals surface area (Å²) in [5.41, 5.74) is 4.91. The summed E-state index contributed by atoms with van der Waals surface area (Å²) in [6.07, 6.45) is 14.8. The van der Waals surface area contributed by atoms with E-state index in [1.165, 1.54) is 12.0 Å². The molecule has 2 unspecified atom stereocenters. The number of carbonyl (C=O) groups excluding carboxylic acids is 2. The quantitative estimate of drug-likeness (QED) is 0.0492. The summed E-state index contributed by atoms with van der Waals surface area (Å²) < 4.78 is 26.2. The Balaban J connectivity index is 0.678. The molecule has 0 spiro atoms. The van der Waals surface area contributed by atoms with E-state index < -0.39 is 6.04 Å². The van der Waals surface area contributed by atoms with Crippen molar-refractivity contribution >= 4 is 45.7 Å². The molecule has 3 aromatic carbocycles. The number of fused-ring (bicyclic) bond motifs is 1. The summed E-state index contributed by atoms with van der Waals surface area (Å²) >= 11 is 1.60. The third kappa shape index (κ3) is 13.3. The third-order valence-corrected chi connectivity index (χ3v) is 15.7. The largest absolute Gasteiger partial charge is 0.491 e. The molecule has 3 aromatic heterocycles. The molecule has 1 aliphatic heterocycles. The van der Waals surface area contributed by atoms with Crippen LogP contribution < -0.4 is 25.6 Å². The zero-order chi connectivity index (χ0) is 51.2. The lowest BCUT2D eigenvalue weighted by Gasteiger charge is -2.35. The van der Waals surface area contributed by atoms with Gasteiger partial charge in [0.1, 0.15) is 29.2 Å². The van der Waals surface area contributed by atoms with E-state index in [0.29, 0.717) is 58.7 Å². The van der Waals surface area contributed by atoms with Crippen LogP contribution in [-0.4, -0.2) is 133 Å². The number of aromatic nitrogens is 5. The maximum Gasteiger partial charge on any atom is 0.246 e. The minimum absolute atomic E-state index is 0.0232. The number of carbonyl (C=O) groups is 2. The number of hydrogen-bond acceptors (Lipinski definition) is 14. The standard InChI is InChI=1S/C57H74N10O6S/c1-39(58-2)53(68)64-52(41-16-9-6-10-17-41)56(69)66-29-13-20-50(66)54-62-49(38-74-54)45-25-26-51(46-19-12-11-18-44(45)46)73-35-33-71-31-30-70-32-34-72-43-23-21-42(22-24-43)61-57-59-28-27-48(63-57)47-36-60-67(55(47)65(3)4)37-40-14-7-5-8-15-40/h5,7-8,11-12,14-15,18-19,25-28,36,38-39,41-43,50,52,58H,6,9-10,13,16-17,20-24,29-35,37H2,1-4H3,(H,64,68)(H,59,61,63)/t39?,42?,43?,50?,52-/m0/s1. The molecule has 3 aliphatic rings. The number of nitrogens with zero attached hydrogens (tertiary/aromatic N) is 7. The van der Waals surface area contributed by atoms with Gasteiger partial charge in [-0.25, -0.2) is 19.6 Å².